The lowest BCUT2D eigenvalue weighted by molar-refractivity contribution is -0.385. The van der Waals surface area contributed by atoms with Gasteiger partial charge >= 0.3 is 0 Å². The van der Waals surface area contributed by atoms with E-state index in [0.717, 1.165) is 0 Å². The predicted octanol–water partition coefficient (Wildman–Crippen LogP) is 4.72. The highest BCUT2D eigenvalue weighted by molar-refractivity contribution is 6.12. The Bertz CT molecular complexity index is 1130. The van der Waals surface area contributed by atoms with Gasteiger partial charge in [0.25, 0.3) is 11.6 Å². The van der Waals surface area contributed by atoms with Gasteiger partial charge in [-0.15, -0.1) is 0 Å². The average molecular weight is 401 g/mol. The van der Waals surface area contributed by atoms with E-state index in [0.29, 0.717) is 28.3 Å². The second-order valence-electron chi connectivity index (χ2n) is 6.68. The highest BCUT2D eigenvalue weighted by Crippen LogP contribution is 2.31. The van der Waals surface area contributed by atoms with Gasteiger partial charge in [-0.2, -0.15) is 0 Å². The van der Waals surface area contributed by atoms with Crippen molar-refractivity contribution < 1.29 is 14.5 Å². The number of hydrogen-bond donors (Lipinski definition) is 1. The maximum atomic E-state index is 13.3. The molecule has 0 fully saturated rings. The zero-order valence-corrected chi connectivity index (χ0v) is 16.2. The Morgan fingerprint density at radius 2 is 1.73 bits per heavy atom. The SMILES string of the molecule is COc1ccc(N2C(=O)c3ccccc3N[C@@H]2/C=C/c2ccccc2[N+](=O)[O-])cc1. The minimum Gasteiger partial charge on any atom is -0.497 e. The first kappa shape index (κ1) is 19.2. The van der Waals surface area contributed by atoms with Crippen molar-refractivity contribution in [1.29, 1.82) is 0 Å². The van der Waals surface area contributed by atoms with Crippen LogP contribution in [0.4, 0.5) is 17.1 Å². The third-order valence-corrected chi connectivity index (χ3v) is 4.90. The maximum Gasteiger partial charge on any atom is 0.276 e. The van der Waals surface area contributed by atoms with E-state index >= 15 is 0 Å². The lowest BCUT2D eigenvalue weighted by atomic mass is 10.1. The standard InChI is InChI=1S/C23H19N3O4/c1-30-18-13-11-17(12-14-18)25-22(24-20-8-4-3-7-19(20)23(25)27)15-10-16-6-2-5-9-21(16)26(28)29/h2-15,22,24H,1H3/b15-10+/t22-/m0/s1. The Kier molecular flexibility index (Phi) is 5.17. The number of nitrogens with zero attached hydrogens (tertiary/aromatic N) is 2. The molecule has 0 spiro atoms. The maximum absolute atomic E-state index is 13.3. The molecule has 1 N–H and O–H groups in total. The van der Waals surface area contributed by atoms with E-state index in [-0.39, 0.29) is 11.6 Å². The van der Waals surface area contributed by atoms with Gasteiger partial charge in [0.15, 0.2) is 0 Å². The Balaban J connectivity index is 1.75. The Morgan fingerprint density at radius 3 is 2.47 bits per heavy atom. The van der Waals surface area contributed by atoms with Gasteiger partial charge in [0.05, 0.1) is 23.2 Å². The van der Waals surface area contributed by atoms with E-state index in [1.807, 2.05) is 18.2 Å². The first-order valence-electron chi connectivity index (χ1n) is 9.33. The number of benzene rings is 3. The summed E-state index contributed by atoms with van der Waals surface area (Å²) in [6.45, 7) is 0. The molecule has 0 saturated carbocycles. The minimum absolute atomic E-state index is 0.00674. The summed E-state index contributed by atoms with van der Waals surface area (Å²) >= 11 is 0. The molecular weight excluding hydrogens is 382 g/mol. The number of nitrogens with one attached hydrogen (secondary N) is 1. The van der Waals surface area contributed by atoms with Crippen molar-refractivity contribution in [2.75, 3.05) is 17.3 Å². The molecule has 7 nitrogen and oxygen atoms in total. The smallest absolute Gasteiger partial charge is 0.276 e. The lowest BCUT2D eigenvalue weighted by Gasteiger charge is -2.36. The van der Waals surface area contributed by atoms with E-state index < -0.39 is 11.1 Å². The van der Waals surface area contributed by atoms with Crippen molar-refractivity contribution in [2.24, 2.45) is 0 Å². The van der Waals surface area contributed by atoms with Crippen LogP contribution in [0, 0.1) is 10.1 Å². The van der Waals surface area contributed by atoms with Crippen LogP contribution < -0.4 is 15.0 Å². The molecule has 1 aliphatic rings. The number of hydrogen-bond acceptors (Lipinski definition) is 5. The summed E-state index contributed by atoms with van der Waals surface area (Å²) in [7, 11) is 1.58. The Labute approximate surface area is 173 Å². The van der Waals surface area contributed by atoms with Gasteiger partial charge in [0, 0.05) is 17.4 Å². The zero-order chi connectivity index (χ0) is 21.1. The zero-order valence-electron chi connectivity index (χ0n) is 16.2. The number of rotatable bonds is 5. The van der Waals surface area contributed by atoms with Crippen LogP contribution in [0.1, 0.15) is 15.9 Å². The van der Waals surface area contributed by atoms with Crippen molar-refractivity contribution >= 4 is 29.0 Å². The molecule has 0 radical (unpaired) electrons. The molecule has 30 heavy (non-hydrogen) atoms. The summed E-state index contributed by atoms with van der Waals surface area (Å²) in [4.78, 5) is 25.8. The van der Waals surface area contributed by atoms with Gasteiger partial charge in [-0.1, -0.05) is 24.3 Å². The first-order valence-corrected chi connectivity index (χ1v) is 9.33. The van der Waals surface area contributed by atoms with Crippen LogP contribution in [0.5, 0.6) is 5.75 Å². The monoisotopic (exact) mass is 401 g/mol. The highest BCUT2D eigenvalue weighted by Gasteiger charge is 2.31. The van der Waals surface area contributed by atoms with Crippen molar-refractivity contribution in [3.05, 3.63) is 100 Å². The molecule has 0 aliphatic carbocycles. The predicted molar refractivity (Wildman–Crippen MR) is 116 cm³/mol. The number of para-hydroxylation sites is 2. The molecule has 0 aromatic heterocycles. The summed E-state index contributed by atoms with van der Waals surface area (Å²) in [6.07, 6.45) is 2.88. The summed E-state index contributed by atoms with van der Waals surface area (Å²) in [5.74, 6) is 0.523. The lowest BCUT2D eigenvalue weighted by Crippen LogP contribution is -2.48. The normalized spacial score (nSPS) is 15.6. The summed E-state index contributed by atoms with van der Waals surface area (Å²) in [6, 6.07) is 20.9. The number of amides is 1. The van der Waals surface area contributed by atoms with Crippen LogP contribution in [0.3, 0.4) is 0 Å². The van der Waals surface area contributed by atoms with Crippen molar-refractivity contribution in [1.82, 2.24) is 0 Å². The molecule has 3 aromatic rings. The van der Waals surface area contributed by atoms with Crippen molar-refractivity contribution in [3.63, 3.8) is 0 Å². The van der Waals surface area contributed by atoms with E-state index in [2.05, 4.69) is 5.32 Å². The van der Waals surface area contributed by atoms with Crippen LogP contribution in [0.15, 0.2) is 78.9 Å². The minimum atomic E-state index is -0.527. The van der Waals surface area contributed by atoms with Crippen molar-refractivity contribution in [3.8, 4) is 5.75 Å². The van der Waals surface area contributed by atoms with Crippen LogP contribution in [-0.4, -0.2) is 24.1 Å². The largest absolute Gasteiger partial charge is 0.497 e. The molecule has 3 aromatic carbocycles. The van der Waals surface area contributed by atoms with Gasteiger partial charge in [-0.3, -0.25) is 19.8 Å². The number of ether oxygens (including phenoxy) is 1. The van der Waals surface area contributed by atoms with Crippen LogP contribution >= 0.6 is 0 Å². The van der Waals surface area contributed by atoms with E-state index in [1.165, 1.54) is 6.07 Å². The number of nitro groups is 1. The molecular formula is C23H19N3O4. The molecule has 4 rings (SSSR count). The first-order chi connectivity index (χ1) is 14.6. The quantitative estimate of drug-likeness (QED) is 0.494. The number of methoxy groups -OCH3 is 1. The number of carbonyl (C=O) groups excluding carboxylic acids is 1. The molecule has 1 aliphatic heterocycles. The number of fused-ring (bicyclic) bond motifs is 1. The Morgan fingerprint density at radius 1 is 1.03 bits per heavy atom. The summed E-state index contributed by atoms with van der Waals surface area (Å²) in [5.41, 5.74) is 2.42. The molecule has 150 valence electrons. The fourth-order valence-electron chi connectivity index (χ4n) is 3.42. The average Bonchev–Trinajstić information content (AvgIpc) is 2.78. The topological polar surface area (TPSA) is 84.7 Å². The second kappa shape index (κ2) is 8.08. The van der Waals surface area contributed by atoms with E-state index in [1.54, 1.807) is 72.7 Å². The van der Waals surface area contributed by atoms with E-state index in [4.69, 9.17) is 4.74 Å². The summed E-state index contributed by atoms with van der Waals surface area (Å²) < 4.78 is 5.21. The molecule has 0 saturated heterocycles. The van der Waals surface area contributed by atoms with Crippen LogP contribution in [0.25, 0.3) is 6.08 Å². The highest BCUT2D eigenvalue weighted by atomic mass is 16.6. The van der Waals surface area contributed by atoms with Gasteiger partial charge < -0.3 is 10.1 Å². The third kappa shape index (κ3) is 3.60. The molecule has 0 unspecified atom stereocenters. The fraction of sp³-hybridized carbons (Fsp3) is 0.0870. The van der Waals surface area contributed by atoms with E-state index in [9.17, 15) is 14.9 Å². The van der Waals surface area contributed by atoms with Crippen LogP contribution in [0.2, 0.25) is 0 Å². The van der Waals surface area contributed by atoms with Crippen molar-refractivity contribution in [2.45, 2.75) is 6.17 Å². The number of carbonyl (C=O) groups is 1. The molecule has 1 amide bonds. The number of anilines is 2. The molecule has 7 heteroatoms. The van der Waals surface area contributed by atoms with Gasteiger partial charge in [-0.05, 0) is 54.6 Å². The summed E-state index contributed by atoms with van der Waals surface area (Å²) in [5, 5.41) is 14.7. The molecule has 1 atom stereocenters. The van der Waals surface area contributed by atoms with Gasteiger partial charge in [-0.25, -0.2) is 0 Å². The molecule has 1 heterocycles. The van der Waals surface area contributed by atoms with Gasteiger partial charge in [0.1, 0.15) is 11.9 Å². The molecule has 0 bridgehead atoms. The number of nitro benzene ring substituents is 1. The van der Waals surface area contributed by atoms with Crippen LogP contribution in [-0.2, 0) is 0 Å². The fourth-order valence-corrected chi connectivity index (χ4v) is 3.42. The Hall–Kier alpha value is -4.13. The second-order valence-corrected chi connectivity index (χ2v) is 6.68. The third-order valence-electron chi connectivity index (χ3n) is 4.90. The van der Waals surface area contributed by atoms with Gasteiger partial charge in [0.2, 0.25) is 0 Å².